The largest absolute Gasteiger partial charge is 0.349 e. The van der Waals surface area contributed by atoms with E-state index in [1.807, 2.05) is 17.5 Å². The van der Waals surface area contributed by atoms with E-state index in [1.165, 1.54) is 30.6 Å². The van der Waals surface area contributed by atoms with Gasteiger partial charge in [0.1, 0.15) is 0 Å². The van der Waals surface area contributed by atoms with Gasteiger partial charge in [-0.05, 0) is 30.2 Å². The van der Waals surface area contributed by atoms with Gasteiger partial charge in [0.25, 0.3) is 5.91 Å². The molecule has 1 aliphatic rings. The maximum atomic E-state index is 11.9. The van der Waals surface area contributed by atoms with Crippen LogP contribution in [-0.4, -0.2) is 11.9 Å². The van der Waals surface area contributed by atoms with Crippen LogP contribution in [0.1, 0.15) is 48.7 Å². The second-order valence-corrected chi connectivity index (χ2v) is 5.54. The van der Waals surface area contributed by atoms with E-state index in [2.05, 4.69) is 12.2 Å². The van der Waals surface area contributed by atoms with Crippen molar-refractivity contribution in [3.63, 3.8) is 0 Å². The van der Waals surface area contributed by atoms with Crippen molar-refractivity contribution in [3.05, 3.63) is 22.4 Å². The summed E-state index contributed by atoms with van der Waals surface area (Å²) in [6, 6.07) is 4.21. The van der Waals surface area contributed by atoms with E-state index in [-0.39, 0.29) is 5.91 Å². The van der Waals surface area contributed by atoms with Crippen molar-refractivity contribution in [2.24, 2.45) is 5.92 Å². The molecule has 0 aliphatic heterocycles. The molecular formula is C13H19NOS. The Hall–Kier alpha value is -0.830. The Morgan fingerprint density at radius 2 is 2.44 bits per heavy atom. The highest BCUT2D eigenvalue weighted by Gasteiger charge is 2.22. The summed E-state index contributed by atoms with van der Waals surface area (Å²) in [5, 5.41) is 5.11. The summed E-state index contributed by atoms with van der Waals surface area (Å²) in [6.07, 6.45) is 6.14. The van der Waals surface area contributed by atoms with Crippen molar-refractivity contribution >= 4 is 17.2 Å². The molecule has 1 N–H and O–H groups in total. The SMILES string of the molecule is CCC1CCCC(NC(=O)c2cccs2)C1. The quantitative estimate of drug-likeness (QED) is 0.857. The summed E-state index contributed by atoms with van der Waals surface area (Å²) in [5.41, 5.74) is 0. The fourth-order valence-corrected chi connectivity index (χ4v) is 3.08. The molecule has 16 heavy (non-hydrogen) atoms. The second-order valence-electron chi connectivity index (χ2n) is 4.59. The standard InChI is InChI=1S/C13H19NOS/c1-2-10-5-3-6-11(9-10)14-13(15)12-7-4-8-16-12/h4,7-8,10-11H,2-3,5-6,9H2,1H3,(H,14,15). The Morgan fingerprint density at radius 1 is 1.56 bits per heavy atom. The lowest BCUT2D eigenvalue weighted by molar-refractivity contribution is 0.0923. The van der Waals surface area contributed by atoms with E-state index in [1.54, 1.807) is 0 Å². The van der Waals surface area contributed by atoms with E-state index in [9.17, 15) is 4.79 Å². The van der Waals surface area contributed by atoms with Gasteiger partial charge in [0.2, 0.25) is 0 Å². The highest BCUT2D eigenvalue weighted by molar-refractivity contribution is 7.12. The Morgan fingerprint density at radius 3 is 3.12 bits per heavy atom. The van der Waals surface area contributed by atoms with Crippen LogP contribution in [0.25, 0.3) is 0 Å². The summed E-state index contributed by atoms with van der Waals surface area (Å²) in [7, 11) is 0. The van der Waals surface area contributed by atoms with Gasteiger partial charge in [0, 0.05) is 6.04 Å². The lowest BCUT2D eigenvalue weighted by Gasteiger charge is -2.28. The summed E-state index contributed by atoms with van der Waals surface area (Å²) >= 11 is 1.51. The van der Waals surface area contributed by atoms with Gasteiger partial charge in [0.15, 0.2) is 0 Å². The minimum atomic E-state index is 0.108. The Kier molecular flexibility index (Phi) is 3.99. The van der Waals surface area contributed by atoms with Gasteiger partial charge in [-0.2, -0.15) is 0 Å². The third-order valence-electron chi connectivity index (χ3n) is 3.44. The average molecular weight is 237 g/mol. The van der Waals surface area contributed by atoms with Crippen LogP contribution in [0.3, 0.4) is 0 Å². The number of hydrogen-bond acceptors (Lipinski definition) is 2. The molecule has 3 heteroatoms. The molecule has 0 bridgehead atoms. The number of hydrogen-bond donors (Lipinski definition) is 1. The molecule has 0 spiro atoms. The maximum absolute atomic E-state index is 11.9. The third-order valence-corrected chi connectivity index (χ3v) is 4.31. The van der Waals surface area contributed by atoms with Crippen LogP contribution >= 0.6 is 11.3 Å². The minimum absolute atomic E-state index is 0.108. The normalized spacial score (nSPS) is 25.3. The van der Waals surface area contributed by atoms with Gasteiger partial charge < -0.3 is 5.32 Å². The predicted molar refractivity (Wildman–Crippen MR) is 67.8 cm³/mol. The number of carbonyl (C=O) groups excluding carboxylic acids is 1. The van der Waals surface area contributed by atoms with Crippen LogP contribution in [0.4, 0.5) is 0 Å². The van der Waals surface area contributed by atoms with Crippen molar-refractivity contribution in [1.29, 1.82) is 0 Å². The van der Waals surface area contributed by atoms with Crippen LogP contribution < -0.4 is 5.32 Å². The molecule has 1 aromatic heterocycles. The van der Waals surface area contributed by atoms with Gasteiger partial charge in [0.05, 0.1) is 4.88 Å². The molecule has 1 saturated carbocycles. The molecule has 1 amide bonds. The van der Waals surface area contributed by atoms with E-state index >= 15 is 0 Å². The molecular weight excluding hydrogens is 218 g/mol. The first-order chi connectivity index (χ1) is 7.79. The number of amides is 1. The van der Waals surface area contributed by atoms with Crippen molar-refractivity contribution in [3.8, 4) is 0 Å². The zero-order valence-corrected chi connectivity index (χ0v) is 10.6. The first kappa shape index (κ1) is 11.6. The van der Waals surface area contributed by atoms with Crippen molar-refractivity contribution < 1.29 is 4.79 Å². The zero-order valence-electron chi connectivity index (χ0n) is 9.74. The van der Waals surface area contributed by atoms with Crippen molar-refractivity contribution in [2.45, 2.75) is 45.1 Å². The summed E-state index contributed by atoms with van der Waals surface area (Å²) in [4.78, 5) is 12.7. The molecule has 1 fully saturated rings. The molecule has 0 aromatic carbocycles. The zero-order chi connectivity index (χ0) is 11.4. The van der Waals surface area contributed by atoms with E-state index < -0.39 is 0 Å². The fraction of sp³-hybridized carbons (Fsp3) is 0.615. The van der Waals surface area contributed by atoms with Gasteiger partial charge in [-0.1, -0.05) is 32.3 Å². The number of carbonyl (C=O) groups is 1. The molecule has 2 atom stereocenters. The van der Waals surface area contributed by atoms with Crippen LogP contribution in [0, 0.1) is 5.92 Å². The smallest absolute Gasteiger partial charge is 0.261 e. The third kappa shape index (κ3) is 2.85. The molecule has 2 nitrogen and oxygen atoms in total. The molecule has 0 saturated heterocycles. The van der Waals surface area contributed by atoms with Gasteiger partial charge >= 0.3 is 0 Å². The molecule has 2 unspecified atom stereocenters. The molecule has 1 aromatic rings. The van der Waals surface area contributed by atoms with E-state index in [4.69, 9.17) is 0 Å². The van der Waals surface area contributed by atoms with E-state index in [0.717, 1.165) is 23.6 Å². The first-order valence-electron chi connectivity index (χ1n) is 6.14. The highest BCUT2D eigenvalue weighted by Crippen LogP contribution is 2.26. The van der Waals surface area contributed by atoms with Gasteiger partial charge in [-0.3, -0.25) is 4.79 Å². The van der Waals surface area contributed by atoms with Crippen LogP contribution in [0.2, 0.25) is 0 Å². The lowest BCUT2D eigenvalue weighted by atomic mass is 9.84. The molecule has 1 aliphatic carbocycles. The molecule has 1 heterocycles. The summed E-state index contributed by atoms with van der Waals surface area (Å²) < 4.78 is 0. The summed E-state index contributed by atoms with van der Waals surface area (Å²) in [5.74, 6) is 0.916. The van der Waals surface area contributed by atoms with Crippen molar-refractivity contribution in [1.82, 2.24) is 5.32 Å². The summed E-state index contributed by atoms with van der Waals surface area (Å²) in [6.45, 7) is 2.24. The van der Waals surface area contributed by atoms with E-state index in [0.29, 0.717) is 6.04 Å². The average Bonchev–Trinajstić information content (AvgIpc) is 2.83. The van der Waals surface area contributed by atoms with Crippen LogP contribution in [0.5, 0.6) is 0 Å². The monoisotopic (exact) mass is 237 g/mol. The Bertz CT molecular complexity index is 334. The number of nitrogens with one attached hydrogen (secondary N) is 1. The van der Waals surface area contributed by atoms with Gasteiger partial charge in [-0.15, -0.1) is 11.3 Å². The molecule has 2 rings (SSSR count). The second kappa shape index (κ2) is 5.48. The minimum Gasteiger partial charge on any atom is -0.349 e. The van der Waals surface area contributed by atoms with Crippen LogP contribution in [0.15, 0.2) is 17.5 Å². The van der Waals surface area contributed by atoms with Gasteiger partial charge in [-0.25, -0.2) is 0 Å². The fourth-order valence-electron chi connectivity index (χ4n) is 2.46. The van der Waals surface area contributed by atoms with Crippen LogP contribution in [-0.2, 0) is 0 Å². The van der Waals surface area contributed by atoms with Crippen molar-refractivity contribution in [2.75, 3.05) is 0 Å². The lowest BCUT2D eigenvalue weighted by Crippen LogP contribution is -2.38. The first-order valence-corrected chi connectivity index (χ1v) is 7.02. The molecule has 0 radical (unpaired) electrons. The predicted octanol–water partition coefficient (Wildman–Crippen LogP) is 3.45. The Labute approximate surface area is 101 Å². The number of rotatable bonds is 3. The highest BCUT2D eigenvalue weighted by atomic mass is 32.1. The topological polar surface area (TPSA) is 29.1 Å². The molecule has 88 valence electrons. The Balaban J connectivity index is 1.87. The number of thiophene rings is 1. The maximum Gasteiger partial charge on any atom is 0.261 e.